The van der Waals surface area contributed by atoms with Gasteiger partial charge in [0.2, 0.25) is 12.3 Å². The number of benzene rings is 5. The number of ether oxygens (including phenoxy) is 9. The van der Waals surface area contributed by atoms with E-state index in [1.165, 1.54) is 7.05 Å². The number of amides is 1. The van der Waals surface area contributed by atoms with E-state index in [9.17, 15) is 9.59 Å². The topological polar surface area (TPSA) is 129 Å². The van der Waals surface area contributed by atoms with Gasteiger partial charge in [0.15, 0.2) is 12.4 Å². The number of rotatable bonds is 22. The number of carbonyl (C=O) groups excluding carboxylic acids is 2. The minimum atomic E-state index is -1.98. The van der Waals surface area contributed by atoms with Gasteiger partial charge in [-0.25, -0.2) is 4.39 Å². The van der Waals surface area contributed by atoms with Crippen LogP contribution in [0.3, 0.4) is 0 Å². The highest BCUT2D eigenvalue weighted by Gasteiger charge is 2.54. The molecule has 0 aromatic heterocycles. The number of hydrogen-bond donors (Lipinski definition) is 1. The molecule has 2 aliphatic heterocycles. The van der Waals surface area contributed by atoms with Gasteiger partial charge in [0, 0.05) is 13.5 Å². The zero-order valence-electron chi connectivity index (χ0n) is 36.7. The third-order valence-corrected chi connectivity index (χ3v) is 11.2. The molecule has 2 aliphatic rings. The summed E-state index contributed by atoms with van der Waals surface area (Å²) >= 11 is 0. The molecule has 2 saturated heterocycles. The van der Waals surface area contributed by atoms with E-state index in [1.807, 2.05) is 152 Å². The van der Waals surface area contributed by atoms with Crippen LogP contribution < -0.4 is 5.32 Å². The van der Waals surface area contributed by atoms with E-state index in [0.29, 0.717) is 0 Å². The minimum Gasteiger partial charge on any atom is -0.457 e. The predicted octanol–water partition coefficient (Wildman–Crippen LogP) is 7.81. The normalized spacial score (nSPS) is 25.4. The molecule has 1 N–H and O–H groups in total. The molecule has 12 nitrogen and oxygen atoms in total. The highest BCUT2D eigenvalue weighted by Crippen LogP contribution is 2.36. The van der Waals surface area contributed by atoms with Gasteiger partial charge in [-0.3, -0.25) is 9.59 Å². The Morgan fingerprint density at radius 2 is 0.954 bits per heavy atom. The second-order valence-electron chi connectivity index (χ2n) is 16.0. The summed E-state index contributed by atoms with van der Waals surface area (Å²) in [5, 5.41) is 2.54. The molecule has 0 aliphatic carbocycles. The summed E-state index contributed by atoms with van der Waals surface area (Å²) in [5.41, 5.74) is 4.34. The Morgan fingerprint density at radius 1 is 0.523 bits per heavy atom. The first-order valence-electron chi connectivity index (χ1n) is 22.1. The van der Waals surface area contributed by atoms with E-state index in [4.69, 9.17) is 42.6 Å². The van der Waals surface area contributed by atoms with E-state index < -0.39 is 67.4 Å². The van der Waals surface area contributed by atoms with Crippen molar-refractivity contribution in [2.45, 2.75) is 114 Å². The Kier molecular flexibility index (Phi) is 18.2. The van der Waals surface area contributed by atoms with Gasteiger partial charge in [0.25, 0.3) is 0 Å². The SMILES string of the molecule is CNC(=O)CCC(=O)O[C@@H]1C(C)O[C@@H](O[C@@H]2C(OCc3ccccc3)[C@@H](F)OC(COCc3ccccc3)[C@@H]2OCc2ccccc2)C(OCc2ccccc2)[C@@H]1OCc1ccccc1. The van der Waals surface area contributed by atoms with E-state index >= 15 is 4.39 Å². The fourth-order valence-corrected chi connectivity index (χ4v) is 7.78. The van der Waals surface area contributed by atoms with Crippen LogP contribution in [0.25, 0.3) is 0 Å². The zero-order chi connectivity index (χ0) is 45.2. The highest BCUT2D eigenvalue weighted by molar-refractivity contribution is 5.81. The average Bonchev–Trinajstić information content (AvgIpc) is 3.34. The van der Waals surface area contributed by atoms with Gasteiger partial charge in [0.1, 0.15) is 36.6 Å². The van der Waals surface area contributed by atoms with Crippen LogP contribution in [0.15, 0.2) is 152 Å². The maximum absolute atomic E-state index is 16.9. The number of halogens is 1. The molecule has 0 saturated carbocycles. The van der Waals surface area contributed by atoms with Crippen molar-refractivity contribution in [1.29, 1.82) is 0 Å². The molecule has 0 spiro atoms. The van der Waals surface area contributed by atoms with E-state index in [1.54, 1.807) is 6.92 Å². The standard InChI is InChI=1S/C52H58FNO11/c1-36-45(64-44(56)29-28-43(55)54-2)47(59-32-39-22-12-5-13-23-39)50(61-34-41-26-16-7-17-27-41)52(62-36)65-48-46(58-31-38-20-10-4-11-21-38)42(35-57-30-37-18-8-3-9-19-37)63-51(53)49(48)60-33-40-24-14-6-15-25-40/h3-27,36,42,45-52H,28-35H2,1-2H3,(H,54,55)/t36?,42?,45-,46+,47-,48+,49?,50?,51+,52+/m1/s1. The lowest BCUT2D eigenvalue weighted by atomic mass is 9.96. The van der Waals surface area contributed by atoms with Crippen molar-refractivity contribution in [3.63, 3.8) is 0 Å². The summed E-state index contributed by atoms with van der Waals surface area (Å²) in [6.45, 7) is 2.37. The predicted molar refractivity (Wildman–Crippen MR) is 238 cm³/mol. The fraction of sp³-hybridized carbons (Fsp3) is 0.385. The second-order valence-corrected chi connectivity index (χ2v) is 16.0. The van der Waals surface area contributed by atoms with Gasteiger partial charge in [0.05, 0.1) is 52.2 Å². The summed E-state index contributed by atoms with van der Waals surface area (Å²) in [4.78, 5) is 25.5. The molecule has 65 heavy (non-hydrogen) atoms. The summed E-state index contributed by atoms with van der Waals surface area (Å²) in [6, 6.07) is 47.8. The maximum atomic E-state index is 16.9. The molecule has 10 atom stereocenters. The van der Waals surface area contributed by atoms with Crippen LogP contribution in [0.4, 0.5) is 4.39 Å². The summed E-state index contributed by atoms with van der Waals surface area (Å²) in [6.07, 6.45) is -11.7. The number of nitrogens with one attached hydrogen (secondary N) is 1. The molecule has 0 bridgehead atoms. The second kappa shape index (κ2) is 24.8. The third kappa shape index (κ3) is 14.1. The van der Waals surface area contributed by atoms with Gasteiger partial charge < -0.3 is 47.9 Å². The molecule has 5 aromatic rings. The van der Waals surface area contributed by atoms with E-state index in [0.717, 1.165) is 27.8 Å². The van der Waals surface area contributed by atoms with Gasteiger partial charge in [-0.15, -0.1) is 0 Å². The minimum absolute atomic E-state index is 0.0349. The molecular weight excluding hydrogens is 834 g/mol. The molecule has 1 amide bonds. The van der Waals surface area contributed by atoms with E-state index in [2.05, 4.69) is 5.32 Å². The molecule has 0 radical (unpaired) electrons. The monoisotopic (exact) mass is 891 g/mol. The Labute approximate surface area is 380 Å². The molecule has 5 aromatic carbocycles. The lowest BCUT2D eigenvalue weighted by molar-refractivity contribution is -0.363. The number of esters is 1. The van der Waals surface area contributed by atoms with Crippen LogP contribution in [-0.2, 0) is 85.3 Å². The van der Waals surface area contributed by atoms with Crippen molar-refractivity contribution < 1.29 is 56.6 Å². The average molecular weight is 892 g/mol. The highest BCUT2D eigenvalue weighted by atomic mass is 19.1. The smallest absolute Gasteiger partial charge is 0.306 e. The summed E-state index contributed by atoms with van der Waals surface area (Å²) in [7, 11) is 1.51. The lowest BCUT2D eigenvalue weighted by Gasteiger charge is -2.49. The molecule has 4 unspecified atom stereocenters. The molecule has 2 heterocycles. The lowest BCUT2D eigenvalue weighted by Crippen LogP contribution is -2.65. The summed E-state index contributed by atoms with van der Waals surface area (Å²) < 4.78 is 75.6. The van der Waals surface area contributed by atoms with Gasteiger partial charge in [-0.05, 0) is 34.7 Å². The van der Waals surface area contributed by atoms with Crippen LogP contribution in [0.2, 0.25) is 0 Å². The number of alkyl halides is 1. The molecule has 344 valence electrons. The van der Waals surface area contributed by atoms with Crippen molar-refractivity contribution in [3.8, 4) is 0 Å². The van der Waals surface area contributed by atoms with Gasteiger partial charge >= 0.3 is 5.97 Å². The van der Waals surface area contributed by atoms with Crippen LogP contribution in [0, 0.1) is 0 Å². The largest absolute Gasteiger partial charge is 0.457 e. The molecule has 13 heteroatoms. The maximum Gasteiger partial charge on any atom is 0.306 e. The first-order chi connectivity index (χ1) is 31.8. The molecule has 7 rings (SSSR count). The third-order valence-electron chi connectivity index (χ3n) is 11.2. The van der Waals surface area contributed by atoms with Crippen LogP contribution in [0.5, 0.6) is 0 Å². The Balaban J connectivity index is 1.24. The van der Waals surface area contributed by atoms with Gasteiger partial charge in [-0.2, -0.15) is 0 Å². The quantitative estimate of drug-likeness (QED) is 0.0684. The fourth-order valence-electron chi connectivity index (χ4n) is 7.78. The Bertz CT molecular complexity index is 2140. The Hall–Kier alpha value is -5.35. The first kappa shape index (κ1) is 47.6. The van der Waals surface area contributed by atoms with Crippen LogP contribution in [0.1, 0.15) is 47.6 Å². The van der Waals surface area contributed by atoms with Gasteiger partial charge in [-0.1, -0.05) is 152 Å². The van der Waals surface area contributed by atoms with Crippen molar-refractivity contribution in [1.82, 2.24) is 5.32 Å². The molecule has 2 fully saturated rings. The van der Waals surface area contributed by atoms with Crippen LogP contribution in [-0.4, -0.2) is 87.0 Å². The number of carbonyl (C=O) groups is 2. The van der Waals surface area contributed by atoms with Crippen molar-refractivity contribution in [3.05, 3.63) is 179 Å². The van der Waals surface area contributed by atoms with Crippen molar-refractivity contribution in [2.75, 3.05) is 13.7 Å². The van der Waals surface area contributed by atoms with E-state index in [-0.39, 0.29) is 58.4 Å². The number of hydrogen-bond acceptors (Lipinski definition) is 11. The summed E-state index contributed by atoms with van der Waals surface area (Å²) in [5.74, 6) is -0.917. The first-order valence-corrected chi connectivity index (χ1v) is 22.1. The van der Waals surface area contributed by atoms with Crippen molar-refractivity contribution in [2.24, 2.45) is 0 Å². The zero-order valence-corrected chi connectivity index (χ0v) is 36.7. The molecular formula is C52H58FNO11. The van der Waals surface area contributed by atoms with Crippen LogP contribution >= 0.6 is 0 Å². The Morgan fingerprint density at radius 3 is 1.43 bits per heavy atom. The van der Waals surface area contributed by atoms with Crippen molar-refractivity contribution >= 4 is 11.9 Å².